The average Bonchev–Trinajstić information content (AvgIpc) is 3.47. The number of rotatable bonds is 20. The van der Waals surface area contributed by atoms with Crippen LogP contribution >= 0.6 is 0 Å². The lowest BCUT2D eigenvalue weighted by Crippen LogP contribution is -2.32. The highest BCUT2D eigenvalue weighted by molar-refractivity contribution is 5.70. The number of carbonyl (C=O) groups is 1. The summed E-state index contributed by atoms with van der Waals surface area (Å²) in [6.45, 7) is 2.20. The van der Waals surface area contributed by atoms with Crippen LogP contribution in [-0.2, 0) is 11.2 Å². The van der Waals surface area contributed by atoms with E-state index in [4.69, 9.17) is 0 Å². The summed E-state index contributed by atoms with van der Waals surface area (Å²) in [6, 6.07) is 2.07. The molecule has 0 radical (unpaired) electrons. The molecule has 35 heavy (non-hydrogen) atoms. The van der Waals surface area contributed by atoms with Crippen LogP contribution in [0.2, 0.25) is 0 Å². The van der Waals surface area contributed by atoms with Crippen molar-refractivity contribution in [3.8, 4) is 0 Å². The van der Waals surface area contributed by atoms with Gasteiger partial charge in [-0.25, -0.2) is 0 Å². The molecule has 1 saturated carbocycles. The highest BCUT2D eigenvalue weighted by atomic mass is 16.4. The molecule has 5 unspecified atom stereocenters. The Kier molecular flexibility index (Phi) is 14.0. The van der Waals surface area contributed by atoms with Crippen molar-refractivity contribution in [2.24, 2.45) is 11.8 Å². The van der Waals surface area contributed by atoms with E-state index in [2.05, 4.69) is 18.0 Å². The Bertz CT molecular complexity index is 679. The molecule has 0 spiro atoms. The molecule has 6 heteroatoms. The molecule has 0 saturated heterocycles. The summed E-state index contributed by atoms with van der Waals surface area (Å²) in [7, 11) is 0. The molecule has 6 nitrogen and oxygen atoms in total. The van der Waals surface area contributed by atoms with Gasteiger partial charge < -0.3 is 25.4 Å². The number of carboxylic acids is 1. The van der Waals surface area contributed by atoms with Crippen LogP contribution in [0.15, 0.2) is 18.5 Å². The second-order valence-corrected chi connectivity index (χ2v) is 11.2. The van der Waals surface area contributed by atoms with E-state index in [1.165, 1.54) is 31.2 Å². The monoisotopic (exact) mass is 493 g/mol. The Morgan fingerprint density at radius 3 is 2.29 bits per heavy atom. The van der Waals surface area contributed by atoms with Gasteiger partial charge in [0.1, 0.15) is 0 Å². The predicted octanol–water partition coefficient (Wildman–Crippen LogP) is 5.99. The van der Waals surface area contributed by atoms with Crippen molar-refractivity contribution >= 4 is 5.97 Å². The largest absolute Gasteiger partial charge is 0.481 e. The minimum Gasteiger partial charge on any atom is -0.481 e. The van der Waals surface area contributed by atoms with Gasteiger partial charge in [0.15, 0.2) is 0 Å². The predicted molar refractivity (Wildman–Crippen MR) is 140 cm³/mol. The Morgan fingerprint density at radius 1 is 1.03 bits per heavy atom. The summed E-state index contributed by atoms with van der Waals surface area (Å²) < 4.78 is 0. The Hall–Kier alpha value is -1.37. The lowest BCUT2D eigenvalue weighted by molar-refractivity contribution is -0.146. The fourth-order valence-corrected chi connectivity index (χ4v) is 5.76. The number of H-pyrrole nitrogens is 1. The standard InChI is InChI=1S/C29H51NO5/c1-2-3-4-5-8-11-25(31)12-9-6-7-10-13-26(28(33)34)27(32)15-18-29(35)17-14-23(21-29)20-24-16-19-30-22-24/h16,19,22-23,25-27,30-32,35H,2-15,17-18,20-21H2,1H3,(H,33,34). The molecule has 5 N–H and O–H groups in total. The zero-order valence-corrected chi connectivity index (χ0v) is 22.0. The Morgan fingerprint density at radius 2 is 1.69 bits per heavy atom. The van der Waals surface area contributed by atoms with Gasteiger partial charge in [-0.15, -0.1) is 0 Å². The molecule has 1 heterocycles. The first kappa shape index (κ1) is 29.9. The number of aromatic nitrogens is 1. The van der Waals surface area contributed by atoms with Crippen LogP contribution in [0.5, 0.6) is 0 Å². The summed E-state index contributed by atoms with van der Waals surface area (Å²) in [5, 5.41) is 41.3. The number of aliphatic hydroxyl groups excluding tert-OH is 2. The fraction of sp³-hybridized carbons (Fsp3) is 0.828. The van der Waals surface area contributed by atoms with Crippen LogP contribution in [-0.4, -0.2) is 49.2 Å². The maximum absolute atomic E-state index is 11.8. The molecule has 1 aliphatic rings. The molecule has 1 aromatic rings. The van der Waals surface area contributed by atoms with Gasteiger partial charge in [-0.05, 0) is 75.3 Å². The first-order valence-electron chi connectivity index (χ1n) is 14.3. The molecule has 1 fully saturated rings. The van der Waals surface area contributed by atoms with Crippen LogP contribution in [0.4, 0.5) is 0 Å². The number of unbranched alkanes of at least 4 members (excludes halogenated alkanes) is 7. The quantitative estimate of drug-likeness (QED) is 0.143. The first-order valence-corrected chi connectivity index (χ1v) is 14.3. The number of hydrogen-bond donors (Lipinski definition) is 5. The van der Waals surface area contributed by atoms with Gasteiger partial charge in [0, 0.05) is 12.4 Å². The minimum absolute atomic E-state index is 0.214. The normalized spacial score (nSPS) is 22.8. The topological polar surface area (TPSA) is 114 Å². The number of aliphatic carboxylic acids is 1. The van der Waals surface area contributed by atoms with Gasteiger partial charge in [-0.2, -0.15) is 0 Å². The summed E-state index contributed by atoms with van der Waals surface area (Å²) in [5.74, 6) is -1.29. The summed E-state index contributed by atoms with van der Waals surface area (Å²) in [5.41, 5.74) is 0.462. The molecular weight excluding hydrogens is 442 g/mol. The summed E-state index contributed by atoms with van der Waals surface area (Å²) in [4.78, 5) is 14.8. The van der Waals surface area contributed by atoms with Crippen molar-refractivity contribution in [2.45, 2.75) is 140 Å². The zero-order chi connectivity index (χ0) is 25.5. The van der Waals surface area contributed by atoms with Crippen molar-refractivity contribution in [2.75, 3.05) is 0 Å². The van der Waals surface area contributed by atoms with Gasteiger partial charge in [-0.3, -0.25) is 4.79 Å². The SMILES string of the molecule is CCCCCCCC(O)CCCCCCC(C(=O)O)C(O)CCC1(O)CCC(Cc2cc[nH]c2)C1. The second kappa shape index (κ2) is 16.4. The van der Waals surface area contributed by atoms with E-state index >= 15 is 0 Å². The van der Waals surface area contributed by atoms with Gasteiger partial charge in [0.25, 0.3) is 0 Å². The van der Waals surface area contributed by atoms with Gasteiger partial charge >= 0.3 is 5.97 Å². The Labute approximate surface area is 212 Å². The van der Waals surface area contributed by atoms with E-state index in [-0.39, 0.29) is 6.10 Å². The van der Waals surface area contributed by atoms with Crippen LogP contribution in [0.3, 0.4) is 0 Å². The van der Waals surface area contributed by atoms with Crippen LogP contribution in [0.1, 0.15) is 122 Å². The fourth-order valence-electron chi connectivity index (χ4n) is 5.76. The number of aromatic amines is 1. The van der Waals surface area contributed by atoms with Crippen LogP contribution < -0.4 is 0 Å². The molecule has 202 valence electrons. The first-order chi connectivity index (χ1) is 16.8. The highest BCUT2D eigenvalue weighted by Crippen LogP contribution is 2.40. The molecule has 1 aliphatic carbocycles. The third kappa shape index (κ3) is 11.9. The minimum atomic E-state index is -0.945. The van der Waals surface area contributed by atoms with Gasteiger partial charge in [0.2, 0.25) is 0 Å². The highest BCUT2D eigenvalue weighted by Gasteiger charge is 2.38. The van der Waals surface area contributed by atoms with E-state index in [1.54, 1.807) is 0 Å². The molecule has 0 aliphatic heterocycles. The molecule has 0 amide bonds. The average molecular weight is 494 g/mol. The molecule has 0 aromatic carbocycles. The van der Waals surface area contributed by atoms with E-state index in [0.717, 1.165) is 64.2 Å². The molecular formula is C29H51NO5. The number of carboxylic acid groups (broad SMARTS) is 1. The smallest absolute Gasteiger partial charge is 0.309 e. The molecule has 2 rings (SSSR count). The molecule has 0 bridgehead atoms. The number of nitrogens with one attached hydrogen (secondary N) is 1. The van der Waals surface area contributed by atoms with Gasteiger partial charge in [-0.1, -0.05) is 64.7 Å². The second-order valence-electron chi connectivity index (χ2n) is 11.2. The van der Waals surface area contributed by atoms with E-state index in [9.17, 15) is 25.2 Å². The summed E-state index contributed by atoms with van der Waals surface area (Å²) in [6.07, 6.45) is 18.8. The summed E-state index contributed by atoms with van der Waals surface area (Å²) >= 11 is 0. The van der Waals surface area contributed by atoms with Gasteiger partial charge in [0.05, 0.1) is 23.7 Å². The third-order valence-electron chi connectivity index (χ3n) is 8.00. The van der Waals surface area contributed by atoms with Crippen molar-refractivity contribution in [1.29, 1.82) is 0 Å². The van der Waals surface area contributed by atoms with Crippen molar-refractivity contribution in [3.05, 3.63) is 24.0 Å². The molecule has 1 aromatic heterocycles. The lowest BCUT2D eigenvalue weighted by Gasteiger charge is -2.26. The Balaban J connectivity index is 1.58. The van der Waals surface area contributed by atoms with Crippen molar-refractivity contribution in [3.63, 3.8) is 0 Å². The third-order valence-corrected chi connectivity index (χ3v) is 8.00. The van der Waals surface area contributed by atoms with Crippen LogP contribution in [0, 0.1) is 11.8 Å². The van der Waals surface area contributed by atoms with E-state index in [1.807, 2.05) is 12.4 Å². The zero-order valence-electron chi connectivity index (χ0n) is 22.0. The van der Waals surface area contributed by atoms with E-state index in [0.29, 0.717) is 31.6 Å². The van der Waals surface area contributed by atoms with Crippen molar-refractivity contribution in [1.82, 2.24) is 4.98 Å². The van der Waals surface area contributed by atoms with Crippen molar-refractivity contribution < 1.29 is 25.2 Å². The molecule has 5 atom stereocenters. The maximum Gasteiger partial charge on any atom is 0.309 e. The maximum atomic E-state index is 11.8. The van der Waals surface area contributed by atoms with Crippen LogP contribution in [0.25, 0.3) is 0 Å². The van der Waals surface area contributed by atoms with E-state index < -0.39 is 23.6 Å². The number of hydrogen-bond acceptors (Lipinski definition) is 4. The number of aliphatic hydroxyl groups is 3. The lowest BCUT2D eigenvalue weighted by atomic mass is 9.87.